The van der Waals surface area contributed by atoms with Crippen molar-refractivity contribution in [2.45, 2.75) is 19.8 Å². The summed E-state index contributed by atoms with van der Waals surface area (Å²) in [7, 11) is 1.73. The number of unbranched alkanes of at least 4 members (excludes halogenated alkanes) is 1. The van der Waals surface area contributed by atoms with Crippen LogP contribution in [0.1, 0.15) is 19.8 Å². The largest absolute Gasteiger partial charge is 0.325 e. The van der Waals surface area contributed by atoms with Gasteiger partial charge in [-0.15, -0.1) is 0 Å². The molecule has 1 aromatic carbocycles. The van der Waals surface area contributed by atoms with Crippen LogP contribution in [-0.4, -0.2) is 19.2 Å². The lowest BCUT2D eigenvalue weighted by Crippen LogP contribution is -2.09. The van der Waals surface area contributed by atoms with Crippen LogP contribution >= 0.6 is 0 Å². The lowest BCUT2D eigenvalue weighted by Gasteiger charge is -2.03. The highest BCUT2D eigenvalue weighted by molar-refractivity contribution is 5.98. The SMILES string of the molecule is CCCC=NC(=NC)Nc1ccccc1. The predicted octanol–water partition coefficient (Wildman–Crippen LogP) is 2.96. The molecule has 0 heterocycles. The Hall–Kier alpha value is -1.64. The smallest absolute Gasteiger partial charge is 0.221 e. The molecule has 0 aliphatic carbocycles. The molecule has 0 radical (unpaired) electrons. The van der Waals surface area contributed by atoms with Gasteiger partial charge in [-0.05, 0) is 18.6 Å². The zero-order valence-corrected chi connectivity index (χ0v) is 9.27. The Kier molecular flexibility index (Phi) is 5.15. The molecule has 0 amide bonds. The van der Waals surface area contributed by atoms with Gasteiger partial charge in [-0.1, -0.05) is 31.5 Å². The Balaban J connectivity index is 2.55. The molecular weight excluding hydrogens is 186 g/mol. The predicted molar refractivity (Wildman–Crippen MR) is 66.8 cm³/mol. The number of anilines is 1. The van der Waals surface area contributed by atoms with Crippen LogP contribution in [0.15, 0.2) is 40.3 Å². The molecule has 0 fully saturated rings. The molecule has 0 aromatic heterocycles. The minimum Gasteiger partial charge on any atom is -0.325 e. The highest BCUT2D eigenvalue weighted by atomic mass is 15.1. The maximum Gasteiger partial charge on any atom is 0.221 e. The lowest BCUT2D eigenvalue weighted by molar-refractivity contribution is 1.01. The second-order valence-corrected chi connectivity index (χ2v) is 3.14. The van der Waals surface area contributed by atoms with E-state index in [0.29, 0.717) is 5.96 Å². The molecule has 0 saturated heterocycles. The Morgan fingerprint density at radius 2 is 2.07 bits per heavy atom. The van der Waals surface area contributed by atoms with E-state index < -0.39 is 0 Å². The number of hydrogen-bond acceptors (Lipinski definition) is 1. The van der Waals surface area contributed by atoms with Crippen LogP contribution in [0.3, 0.4) is 0 Å². The number of nitrogens with zero attached hydrogens (tertiary/aromatic N) is 2. The fourth-order valence-electron chi connectivity index (χ4n) is 1.08. The monoisotopic (exact) mass is 203 g/mol. The van der Waals surface area contributed by atoms with Crippen molar-refractivity contribution >= 4 is 17.9 Å². The summed E-state index contributed by atoms with van der Waals surface area (Å²) in [6, 6.07) is 9.91. The molecule has 0 aliphatic heterocycles. The third-order valence-electron chi connectivity index (χ3n) is 1.87. The number of nitrogens with one attached hydrogen (secondary N) is 1. The van der Waals surface area contributed by atoms with E-state index in [-0.39, 0.29) is 0 Å². The van der Waals surface area contributed by atoms with Crippen molar-refractivity contribution in [1.29, 1.82) is 0 Å². The fraction of sp³-hybridized carbons (Fsp3) is 0.333. The van der Waals surface area contributed by atoms with E-state index in [2.05, 4.69) is 22.2 Å². The van der Waals surface area contributed by atoms with Crippen molar-refractivity contribution in [1.82, 2.24) is 0 Å². The van der Waals surface area contributed by atoms with Crippen molar-refractivity contribution in [2.24, 2.45) is 9.98 Å². The molecular formula is C12H17N3. The molecule has 0 atom stereocenters. The second kappa shape index (κ2) is 6.76. The molecule has 80 valence electrons. The molecule has 0 bridgehead atoms. The summed E-state index contributed by atoms with van der Waals surface area (Å²) >= 11 is 0. The van der Waals surface area contributed by atoms with Gasteiger partial charge in [-0.2, -0.15) is 0 Å². The van der Waals surface area contributed by atoms with E-state index in [1.165, 1.54) is 0 Å². The summed E-state index contributed by atoms with van der Waals surface area (Å²) in [5.41, 5.74) is 1.01. The van der Waals surface area contributed by atoms with Gasteiger partial charge in [0.15, 0.2) is 0 Å². The van der Waals surface area contributed by atoms with Crippen LogP contribution in [0.25, 0.3) is 0 Å². The summed E-state index contributed by atoms with van der Waals surface area (Å²) in [6.07, 6.45) is 3.97. The van der Waals surface area contributed by atoms with Crippen molar-refractivity contribution < 1.29 is 0 Å². The third kappa shape index (κ3) is 4.40. The van der Waals surface area contributed by atoms with Crippen LogP contribution in [0.2, 0.25) is 0 Å². The van der Waals surface area contributed by atoms with Gasteiger partial charge in [0.1, 0.15) is 0 Å². The van der Waals surface area contributed by atoms with E-state index in [1.807, 2.05) is 36.5 Å². The highest BCUT2D eigenvalue weighted by Gasteiger charge is 1.93. The van der Waals surface area contributed by atoms with Crippen molar-refractivity contribution in [3.8, 4) is 0 Å². The maximum atomic E-state index is 4.24. The fourth-order valence-corrected chi connectivity index (χ4v) is 1.08. The van der Waals surface area contributed by atoms with Gasteiger partial charge in [-0.25, -0.2) is 4.99 Å². The first-order valence-corrected chi connectivity index (χ1v) is 5.18. The zero-order chi connectivity index (χ0) is 10.9. The van der Waals surface area contributed by atoms with Gasteiger partial charge in [-0.3, -0.25) is 4.99 Å². The van der Waals surface area contributed by atoms with Gasteiger partial charge in [0.05, 0.1) is 0 Å². The summed E-state index contributed by atoms with van der Waals surface area (Å²) < 4.78 is 0. The van der Waals surface area contributed by atoms with Crippen LogP contribution in [0, 0.1) is 0 Å². The van der Waals surface area contributed by atoms with Gasteiger partial charge in [0.2, 0.25) is 5.96 Å². The zero-order valence-electron chi connectivity index (χ0n) is 9.27. The molecule has 3 heteroatoms. The Labute approximate surface area is 91.0 Å². The molecule has 1 aromatic rings. The summed E-state index contributed by atoms with van der Waals surface area (Å²) in [5, 5.41) is 3.14. The quantitative estimate of drug-likeness (QED) is 0.595. The van der Waals surface area contributed by atoms with E-state index in [1.54, 1.807) is 7.05 Å². The maximum absolute atomic E-state index is 4.24. The minimum atomic E-state index is 0.648. The molecule has 1 rings (SSSR count). The molecule has 0 unspecified atom stereocenters. The van der Waals surface area contributed by atoms with E-state index in [9.17, 15) is 0 Å². The molecule has 0 saturated carbocycles. The van der Waals surface area contributed by atoms with Crippen LogP contribution in [-0.2, 0) is 0 Å². The third-order valence-corrected chi connectivity index (χ3v) is 1.87. The number of para-hydroxylation sites is 1. The number of aliphatic imine (C=N–C) groups is 2. The first-order chi connectivity index (χ1) is 7.36. The Morgan fingerprint density at radius 1 is 1.33 bits per heavy atom. The highest BCUT2D eigenvalue weighted by Crippen LogP contribution is 2.05. The average Bonchev–Trinajstić information content (AvgIpc) is 2.29. The van der Waals surface area contributed by atoms with Gasteiger partial charge < -0.3 is 5.32 Å². The van der Waals surface area contributed by atoms with Gasteiger partial charge >= 0.3 is 0 Å². The first kappa shape index (κ1) is 11.4. The Bertz CT molecular complexity index is 328. The molecule has 1 N–H and O–H groups in total. The van der Waals surface area contributed by atoms with Gasteiger partial charge in [0, 0.05) is 18.9 Å². The van der Waals surface area contributed by atoms with E-state index in [4.69, 9.17) is 0 Å². The lowest BCUT2D eigenvalue weighted by atomic mass is 10.3. The van der Waals surface area contributed by atoms with Crippen molar-refractivity contribution in [2.75, 3.05) is 12.4 Å². The normalized spacial score (nSPS) is 12.0. The van der Waals surface area contributed by atoms with Crippen LogP contribution < -0.4 is 5.32 Å². The number of rotatable bonds is 3. The molecule has 0 spiro atoms. The van der Waals surface area contributed by atoms with Crippen LogP contribution in [0.5, 0.6) is 0 Å². The summed E-state index contributed by atoms with van der Waals surface area (Å²) in [6.45, 7) is 2.12. The van der Waals surface area contributed by atoms with E-state index >= 15 is 0 Å². The number of guanidine groups is 1. The minimum absolute atomic E-state index is 0.648. The molecule has 15 heavy (non-hydrogen) atoms. The summed E-state index contributed by atoms with van der Waals surface area (Å²) in [5.74, 6) is 0.648. The topological polar surface area (TPSA) is 36.8 Å². The first-order valence-electron chi connectivity index (χ1n) is 5.18. The second-order valence-electron chi connectivity index (χ2n) is 3.14. The standard InChI is InChI=1S/C12H17N3/c1-3-4-10-14-12(13-2)15-11-8-6-5-7-9-11/h5-10H,3-4H2,1-2H3,(H,13,15). The number of benzene rings is 1. The van der Waals surface area contributed by atoms with Crippen molar-refractivity contribution in [3.63, 3.8) is 0 Å². The van der Waals surface area contributed by atoms with E-state index in [0.717, 1.165) is 18.5 Å². The van der Waals surface area contributed by atoms with Gasteiger partial charge in [0.25, 0.3) is 0 Å². The summed E-state index contributed by atoms with van der Waals surface area (Å²) in [4.78, 5) is 8.30. The van der Waals surface area contributed by atoms with Crippen molar-refractivity contribution in [3.05, 3.63) is 30.3 Å². The average molecular weight is 203 g/mol. The number of hydrogen-bond donors (Lipinski definition) is 1. The van der Waals surface area contributed by atoms with Crippen LogP contribution in [0.4, 0.5) is 5.69 Å². The molecule has 0 aliphatic rings. The molecule has 3 nitrogen and oxygen atoms in total. The Morgan fingerprint density at radius 3 is 2.67 bits per heavy atom.